The van der Waals surface area contributed by atoms with E-state index in [4.69, 9.17) is 6.57 Å². The summed E-state index contributed by atoms with van der Waals surface area (Å²) in [7, 11) is 0. The lowest BCUT2D eigenvalue weighted by atomic mass is 10.1. The van der Waals surface area contributed by atoms with Crippen LogP contribution in [0.25, 0.3) is 4.85 Å². The first-order chi connectivity index (χ1) is 5.77. The standard InChI is InChI=1S/C9H12N2O/c1-3-9(12)11-6-4-8(10-2)5-7-11/h3,8H,1,4-7H2. The van der Waals surface area contributed by atoms with Crippen molar-refractivity contribution in [3.63, 3.8) is 0 Å². The molecule has 0 aromatic rings. The molecule has 0 aromatic heterocycles. The molecule has 0 unspecified atom stereocenters. The van der Waals surface area contributed by atoms with E-state index in [0.717, 1.165) is 12.8 Å². The van der Waals surface area contributed by atoms with Crippen molar-refractivity contribution in [2.24, 2.45) is 0 Å². The number of rotatable bonds is 1. The lowest BCUT2D eigenvalue weighted by Gasteiger charge is -2.25. The van der Waals surface area contributed by atoms with Gasteiger partial charge in [0, 0.05) is 25.9 Å². The van der Waals surface area contributed by atoms with E-state index in [1.165, 1.54) is 6.08 Å². The molecule has 0 bridgehead atoms. The van der Waals surface area contributed by atoms with Crippen molar-refractivity contribution in [2.75, 3.05) is 13.1 Å². The molecular weight excluding hydrogens is 152 g/mol. The van der Waals surface area contributed by atoms with E-state index in [1.807, 2.05) is 0 Å². The number of nitrogens with zero attached hydrogens (tertiary/aromatic N) is 2. The Morgan fingerprint density at radius 3 is 2.58 bits per heavy atom. The molecule has 0 saturated carbocycles. The number of amides is 1. The minimum absolute atomic E-state index is 0.0153. The lowest BCUT2D eigenvalue weighted by molar-refractivity contribution is -0.126. The fraction of sp³-hybridized carbons (Fsp3) is 0.556. The minimum atomic E-state index is -0.0153. The second-order valence-corrected chi connectivity index (χ2v) is 2.89. The Morgan fingerprint density at radius 2 is 2.17 bits per heavy atom. The van der Waals surface area contributed by atoms with Crippen LogP contribution in [0.2, 0.25) is 0 Å². The molecule has 3 heteroatoms. The zero-order chi connectivity index (χ0) is 8.97. The van der Waals surface area contributed by atoms with Crippen LogP contribution in [0.3, 0.4) is 0 Å². The molecule has 0 atom stereocenters. The maximum absolute atomic E-state index is 11.1. The quantitative estimate of drug-likeness (QED) is 0.420. The van der Waals surface area contributed by atoms with Crippen LogP contribution < -0.4 is 0 Å². The van der Waals surface area contributed by atoms with Gasteiger partial charge in [0.05, 0.1) is 0 Å². The van der Waals surface area contributed by atoms with Crippen molar-refractivity contribution in [3.05, 3.63) is 24.1 Å². The third-order valence-electron chi connectivity index (χ3n) is 2.13. The first-order valence-corrected chi connectivity index (χ1v) is 4.06. The predicted octanol–water partition coefficient (Wildman–Crippen LogP) is 1.08. The molecule has 0 N–H and O–H groups in total. The van der Waals surface area contributed by atoms with Gasteiger partial charge in [-0.15, -0.1) is 0 Å². The van der Waals surface area contributed by atoms with Crippen LogP contribution in [0.5, 0.6) is 0 Å². The summed E-state index contributed by atoms with van der Waals surface area (Å²) < 4.78 is 0. The monoisotopic (exact) mass is 164 g/mol. The Kier molecular flexibility index (Phi) is 2.87. The van der Waals surface area contributed by atoms with Crippen molar-refractivity contribution >= 4 is 5.91 Å². The van der Waals surface area contributed by atoms with Gasteiger partial charge in [0.2, 0.25) is 11.9 Å². The molecule has 0 aromatic carbocycles. The van der Waals surface area contributed by atoms with E-state index < -0.39 is 0 Å². The van der Waals surface area contributed by atoms with Crippen molar-refractivity contribution in [2.45, 2.75) is 18.9 Å². The molecule has 1 saturated heterocycles. The fourth-order valence-electron chi connectivity index (χ4n) is 1.34. The molecule has 64 valence electrons. The van der Waals surface area contributed by atoms with Crippen LogP contribution in [0.15, 0.2) is 12.7 Å². The lowest BCUT2D eigenvalue weighted by Crippen LogP contribution is -2.38. The average molecular weight is 164 g/mol. The van der Waals surface area contributed by atoms with Gasteiger partial charge in [0.25, 0.3) is 0 Å². The number of carbonyl (C=O) groups excluding carboxylic acids is 1. The van der Waals surface area contributed by atoms with E-state index >= 15 is 0 Å². The first kappa shape index (κ1) is 8.79. The highest BCUT2D eigenvalue weighted by Gasteiger charge is 2.23. The van der Waals surface area contributed by atoms with Crippen molar-refractivity contribution in [3.8, 4) is 0 Å². The maximum Gasteiger partial charge on any atom is 0.245 e. The topological polar surface area (TPSA) is 24.7 Å². The smallest absolute Gasteiger partial charge is 0.245 e. The number of piperidine rings is 1. The summed E-state index contributed by atoms with van der Waals surface area (Å²) >= 11 is 0. The summed E-state index contributed by atoms with van der Waals surface area (Å²) in [6.07, 6.45) is 2.95. The molecule has 1 aliphatic rings. The molecular formula is C9H12N2O. The van der Waals surface area contributed by atoms with Crippen LogP contribution in [-0.2, 0) is 4.79 Å². The Balaban J connectivity index is 2.41. The summed E-state index contributed by atoms with van der Waals surface area (Å²) in [5, 5.41) is 0. The summed E-state index contributed by atoms with van der Waals surface area (Å²) in [5.74, 6) is -0.0153. The highest BCUT2D eigenvalue weighted by molar-refractivity contribution is 5.87. The SMILES string of the molecule is [C-]#[N+]C1CCN(C(=O)C=C)CC1. The van der Waals surface area contributed by atoms with Crippen LogP contribution >= 0.6 is 0 Å². The Hall–Kier alpha value is -1.30. The number of likely N-dealkylation sites (tertiary alicyclic amines) is 1. The highest BCUT2D eigenvalue weighted by Crippen LogP contribution is 2.13. The van der Waals surface area contributed by atoms with E-state index in [2.05, 4.69) is 11.4 Å². The van der Waals surface area contributed by atoms with Gasteiger partial charge in [0.1, 0.15) is 0 Å². The van der Waals surface area contributed by atoms with Gasteiger partial charge in [-0.05, 0) is 6.08 Å². The third-order valence-corrected chi connectivity index (χ3v) is 2.13. The summed E-state index contributed by atoms with van der Waals surface area (Å²) in [4.78, 5) is 16.3. The zero-order valence-electron chi connectivity index (χ0n) is 6.99. The molecule has 1 heterocycles. The first-order valence-electron chi connectivity index (χ1n) is 4.06. The minimum Gasteiger partial charge on any atom is -0.339 e. The third kappa shape index (κ3) is 1.85. The normalized spacial score (nSPS) is 18.4. The van der Waals surface area contributed by atoms with Crippen LogP contribution in [0.1, 0.15) is 12.8 Å². The van der Waals surface area contributed by atoms with E-state index in [9.17, 15) is 4.79 Å². The van der Waals surface area contributed by atoms with Gasteiger partial charge in [-0.1, -0.05) is 6.58 Å². The predicted molar refractivity (Wildman–Crippen MR) is 46.4 cm³/mol. The van der Waals surface area contributed by atoms with Crippen molar-refractivity contribution in [1.82, 2.24) is 4.90 Å². The van der Waals surface area contributed by atoms with Gasteiger partial charge in [-0.2, -0.15) is 0 Å². The fourth-order valence-corrected chi connectivity index (χ4v) is 1.34. The second-order valence-electron chi connectivity index (χ2n) is 2.89. The molecule has 0 radical (unpaired) electrons. The average Bonchev–Trinajstić information content (AvgIpc) is 2.17. The number of hydrogen-bond donors (Lipinski definition) is 0. The largest absolute Gasteiger partial charge is 0.339 e. The van der Waals surface area contributed by atoms with Crippen LogP contribution in [0.4, 0.5) is 0 Å². The Bertz CT molecular complexity index is 221. The molecule has 12 heavy (non-hydrogen) atoms. The maximum atomic E-state index is 11.1. The Labute approximate surface area is 72.5 Å². The molecule has 1 fully saturated rings. The number of hydrogen-bond acceptors (Lipinski definition) is 1. The van der Waals surface area contributed by atoms with Gasteiger partial charge in [-0.25, -0.2) is 6.57 Å². The summed E-state index contributed by atoms with van der Waals surface area (Å²) in [5.41, 5.74) is 0. The molecule has 1 rings (SSSR count). The van der Waals surface area contributed by atoms with E-state index in [0.29, 0.717) is 13.1 Å². The zero-order valence-corrected chi connectivity index (χ0v) is 6.99. The molecule has 1 aliphatic heterocycles. The summed E-state index contributed by atoms with van der Waals surface area (Å²) in [6.45, 7) is 11.7. The van der Waals surface area contributed by atoms with Crippen LogP contribution in [0, 0.1) is 6.57 Å². The second kappa shape index (κ2) is 3.91. The molecule has 0 aliphatic carbocycles. The summed E-state index contributed by atoms with van der Waals surface area (Å²) in [6, 6.07) is 0.124. The van der Waals surface area contributed by atoms with Gasteiger partial charge in [-0.3, -0.25) is 4.79 Å². The molecule has 0 spiro atoms. The van der Waals surface area contributed by atoms with Gasteiger partial charge in [0.15, 0.2) is 0 Å². The van der Waals surface area contributed by atoms with E-state index in [1.54, 1.807) is 4.90 Å². The molecule has 3 nitrogen and oxygen atoms in total. The highest BCUT2D eigenvalue weighted by atomic mass is 16.2. The van der Waals surface area contributed by atoms with Crippen LogP contribution in [-0.4, -0.2) is 29.9 Å². The van der Waals surface area contributed by atoms with Gasteiger partial charge >= 0.3 is 0 Å². The van der Waals surface area contributed by atoms with E-state index in [-0.39, 0.29) is 11.9 Å². The van der Waals surface area contributed by atoms with Crippen molar-refractivity contribution < 1.29 is 4.79 Å². The number of carbonyl (C=O) groups is 1. The van der Waals surface area contributed by atoms with Gasteiger partial charge < -0.3 is 9.74 Å². The van der Waals surface area contributed by atoms with Crippen molar-refractivity contribution in [1.29, 1.82) is 0 Å². The Morgan fingerprint density at radius 1 is 1.58 bits per heavy atom. The molecule has 1 amide bonds.